The Morgan fingerprint density at radius 3 is 2.53 bits per heavy atom. The second-order valence-corrected chi connectivity index (χ2v) is 7.85. The van der Waals surface area contributed by atoms with Crippen LogP contribution in [0, 0.1) is 6.92 Å². The van der Waals surface area contributed by atoms with E-state index in [0.29, 0.717) is 33.9 Å². The van der Waals surface area contributed by atoms with Crippen LogP contribution in [-0.4, -0.2) is 34.8 Å². The van der Waals surface area contributed by atoms with Gasteiger partial charge in [-0.2, -0.15) is 18.3 Å². The molecule has 1 amide bonds. The molecule has 2 heterocycles. The van der Waals surface area contributed by atoms with E-state index < -0.39 is 17.6 Å². The van der Waals surface area contributed by atoms with Gasteiger partial charge in [0, 0.05) is 32.8 Å². The number of rotatable bonds is 4. The van der Waals surface area contributed by atoms with Crippen LogP contribution in [0.4, 0.5) is 24.5 Å². The van der Waals surface area contributed by atoms with Crippen molar-refractivity contribution in [3.8, 4) is 0 Å². The molecule has 3 aromatic rings. The van der Waals surface area contributed by atoms with Crippen LogP contribution in [0.15, 0.2) is 24.3 Å². The molecule has 0 unspecified atom stereocenters. The zero-order valence-corrected chi connectivity index (χ0v) is 17.1. The number of alkyl halides is 3. The molecule has 1 aromatic carbocycles. The molecule has 2 aromatic heterocycles. The predicted molar refractivity (Wildman–Crippen MR) is 109 cm³/mol. The van der Waals surface area contributed by atoms with Gasteiger partial charge in [-0.3, -0.25) is 9.48 Å². The normalized spacial score (nSPS) is 14.2. The van der Waals surface area contributed by atoms with Crippen molar-refractivity contribution in [3.05, 3.63) is 46.8 Å². The van der Waals surface area contributed by atoms with Crippen LogP contribution >= 0.6 is 0 Å². The van der Waals surface area contributed by atoms with E-state index in [0.717, 1.165) is 30.7 Å². The first kappa shape index (κ1) is 20.2. The monoisotopic (exact) mass is 417 g/mol. The summed E-state index contributed by atoms with van der Waals surface area (Å²) in [5, 5.41) is 7.67. The number of hydrogen-bond acceptors (Lipinski definition) is 4. The highest BCUT2D eigenvalue weighted by molar-refractivity contribution is 6.13. The predicted octanol–water partition coefficient (Wildman–Crippen LogP) is 4.49. The molecule has 0 aliphatic heterocycles. The van der Waals surface area contributed by atoms with Crippen LogP contribution in [0.3, 0.4) is 0 Å². The lowest BCUT2D eigenvalue weighted by Crippen LogP contribution is -2.18. The summed E-state index contributed by atoms with van der Waals surface area (Å²) in [6.45, 7) is 1.78. The largest absolute Gasteiger partial charge is 0.416 e. The Balaban J connectivity index is 1.80. The van der Waals surface area contributed by atoms with E-state index in [1.54, 1.807) is 43.7 Å². The molecule has 0 atom stereocenters. The maximum atomic E-state index is 13.2. The summed E-state index contributed by atoms with van der Waals surface area (Å²) in [7, 11) is 5.18. The molecule has 9 heteroatoms. The van der Waals surface area contributed by atoms with Crippen molar-refractivity contribution >= 4 is 28.3 Å². The highest BCUT2D eigenvalue weighted by atomic mass is 19.4. The van der Waals surface area contributed by atoms with Gasteiger partial charge in [-0.25, -0.2) is 4.98 Å². The number of benzene rings is 1. The van der Waals surface area contributed by atoms with Gasteiger partial charge in [0.05, 0.1) is 33.6 Å². The molecule has 0 spiro atoms. The minimum atomic E-state index is -4.51. The molecule has 1 fully saturated rings. The fraction of sp³-hybridized carbons (Fsp3) is 0.381. The molecule has 6 nitrogen and oxygen atoms in total. The molecule has 1 aliphatic rings. The third-order valence-corrected chi connectivity index (χ3v) is 5.28. The number of carbonyl (C=O) groups is 1. The molecular formula is C21H22F3N5O. The maximum Gasteiger partial charge on any atom is 0.416 e. The standard InChI is InChI=1S/C21H22F3N5O/c1-11-18-14(10-15(12-5-6-12)25-19(18)29(4)27-11)20(30)26-16-9-13(21(22,23)24)7-8-17(16)28(2)3/h7-10,12H,5-6H2,1-4H3,(H,26,30). The van der Waals surface area contributed by atoms with Crippen molar-refractivity contribution < 1.29 is 18.0 Å². The Morgan fingerprint density at radius 2 is 1.93 bits per heavy atom. The summed E-state index contributed by atoms with van der Waals surface area (Å²) in [4.78, 5) is 19.6. The van der Waals surface area contributed by atoms with E-state index in [2.05, 4.69) is 15.4 Å². The van der Waals surface area contributed by atoms with Crippen LogP contribution < -0.4 is 10.2 Å². The van der Waals surface area contributed by atoms with Crippen LogP contribution in [0.2, 0.25) is 0 Å². The first-order valence-corrected chi connectivity index (χ1v) is 9.60. The van der Waals surface area contributed by atoms with Crippen molar-refractivity contribution in [2.45, 2.75) is 31.9 Å². The quantitative estimate of drug-likeness (QED) is 0.679. The number of aryl methyl sites for hydroxylation is 2. The third-order valence-electron chi connectivity index (χ3n) is 5.28. The number of hydrogen-bond donors (Lipinski definition) is 1. The summed E-state index contributed by atoms with van der Waals surface area (Å²) in [6, 6.07) is 5.06. The number of nitrogens with zero attached hydrogens (tertiary/aromatic N) is 4. The van der Waals surface area contributed by atoms with Gasteiger partial charge in [0.15, 0.2) is 5.65 Å². The minimum absolute atomic E-state index is 0.0966. The van der Waals surface area contributed by atoms with E-state index in [-0.39, 0.29) is 5.69 Å². The molecule has 0 radical (unpaired) electrons. The Morgan fingerprint density at radius 1 is 1.23 bits per heavy atom. The zero-order chi connectivity index (χ0) is 21.8. The summed E-state index contributed by atoms with van der Waals surface area (Å²) in [5.74, 6) is -0.176. The van der Waals surface area contributed by atoms with Gasteiger partial charge in [0.2, 0.25) is 0 Å². The molecule has 1 saturated carbocycles. The van der Waals surface area contributed by atoms with Gasteiger partial charge in [-0.1, -0.05) is 0 Å². The van der Waals surface area contributed by atoms with Crippen molar-refractivity contribution in [3.63, 3.8) is 0 Å². The number of aromatic nitrogens is 3. The molecule has 4 rings (SSSR count). The number of pyridine rings is 1. The Kier molecular flexibility index (Phi) is 4.71. The van der Waals surface area contributed by atoms with Gasteiger partial charge in [-0.05, 0) is 44.0 Å². The lowest BCUT2D eigenvalue weighted by molar-refractivity contribution is -0.137. The van der Waals surface area contributed by atoms with Gasteiger partial charge in [0.1, 0.15) is 0 Å². The first-order valence-electron chi connectivity index (χ1n) is 9.60. The van der Waals surface area contributed by atoms with E-state index in [4.69, 9.17) is 0 Å². The molecule has 158 valence electrons. The third kappa shape index (κ3) is 3.59. The number of anilines is 2. The summed E-state index contributed by atoms with van der Waals surface area (Å²) in [5.41, 5.74) is 2.18. The number of amides is 1. The van der Waals surface area contributed by atoms with E-state index in [1.165, 1.54) is 6.07 Å². The van der Waals surface area contributed by atoms with Gasteiger partial charge in [0.25, 0.3) is 5.91 Å². The SMILES string of the molecule is Cc1nn(C)c2nc(C3CC3)cc(C(=O)Nc3cc(C(F)(F)F)ccc3N(C)C)c12. The van der Waals surface area contributed by atoms with Crippen molar-refractivity contribution in [1.82, 2.24) is 14.8 Å². The molecule has 1 aliphatic carbocycles. The van der Waals surface area contributed by atoms with Crippen LogP contribution in [0.1, 0.15) is 46.1 Å². The number of nitrogens with one attached hydrogen (secondary N) is 1. The summed E-state index contributed by atoms with van der Waals surface area (Å²) < 4.78 is 41.3. The average molecular weight is 417 g/mol. The Labute approximate surface area is 171 Å². The molecule has 1 N–H and O–H groups in total. The smallest absolute Gasteiger partial charge is 0.376 e. The topological polar surface area (TPSA) is 63.1 Å². The fourth-order valence-corrected chi connectivity index (χ4v) is 3.62. The van der Waals surface area contributed by atoms with E-state index >= 15 is 0 Å². The van der Waals surface area contributed by atoms with Crippen LogP contribution in [0.25, 0.3) is 11.0 Å². The van der Waals surface area contributed by atoms with Gasteiger partial charge >= 0.3 is 6.18 Å². The minimum Gasteiger partial charge on any atom is -0.376 e. The zero-order valence-electron chi connectivity index (χ0n) is 17.1. The molecule has 0 saturated heterocycles. The summed E-state index contributed by atoms with van der Waals surface area (Å²) >= 11 is 0. The molecule has 30 heavy (non-hydrogen) atoms. The van der Waals surface area contributed by atoms with Crippen molar-refractivity contribution in [1.29, 1.82) is 0 Å². The van der Waals surface area contributed by atoms with Crippen molar-refractivity contribution in [2.24, 2.45) is 7.05 Å². The second-order valence-electron chi connectivity index (χ2n) is 7.85. The van der Waals surface area contributed by atoms with E-state index in [1.807, 2.05) is 0 Å². The lowest BCUT2D eigenvalue weighted by atomic mass is 10.1. The number of fused-ring (bicyclic) bond motifs is 1. The van der Waals surface area contributed by atoms with E-state index in [9.17, 15) is 18.0 Å². The highest BCUT2D eigenvalue weighted by Gasteiger charge is 2.32. The highest BCUT2D eigenvalue weighted by Crippen LogP contribution is 2.41. The molecule has 0 bridgehead atoms. The first-order chi connectivity index (χ1) is 14.1. The Hall–Kier alpha value is -3.10. The van der Waals surface area contributed by atoms with Crippen LogP contribution in [-0.2, 0) is 13.2 Å². The van der Waals surface area contributed by atoms with Gasteiger partial charge in [-0.15, -0.1) is 0 Å². The molecular weight excluding hydrogens is 395 g/mol. The maximum absolute atomic E-state index is 13.2. The van der Waals surface area contributed by atoms with Crippen LogP contribution in [0.5, 0.6) is 0 Å². The Bertz CT molecular complexity index is 1150. The number of carbonyl (C=O) groups excluding carboxylic acids is 1. The van der Waals surface area contributed by atoms with Crippen molar-refractivity contribution in [2.75, 3.05) is 24.3 Å². The fourth-order valence-electron chi connectivity index (χ4n) is 3.62. The lowest BCUT2D eigenvalue weighted by Gasteiger charge is -2.20. The number of halogens is 3. The van der Waals surface area contributed by atoms with Gasteiger partial charge < -0.3 is 10.2 Å². The second kappa shape index (κ2) is 7.00. The average Bonchev–Trinajstić information content (AvgIpc) is 3.47. The summed E-state index contributed by atoms with van der Waals surface area (Å²) in [6.07, 6.45) is -2.49.